The molecule has 2 rings (SSSR count). The first-order valence-electron chi connectivity index (χ1n) is 6.49. The van der Waals surface area contributed by atoms with Gasteiger partial charge in [-0.3, -0.25) is 4.99 Å². The van der Waals surface area contributed by atoms with E-state index >= 15 is 0 Å². The van der Waals surface area contributed by atoms with Crippen LogP contribution < -0.4 is 15.3 Å². The van der Waals surface area contributed by atoms with Crippen molar-refractivity contribution in [2.24, 2.45) is 4.99 Å². The van der Waals surface area contributed by atoms with Crippen molar-refractivity contribution in [3.8, 4) is 5.88 Å². The smallest absolute Gasteiger partial charge is 0.335 e. The summed E-state index contributed by atoms with van der Waals surface area (Å²) < 4.78 is 10.2. The van der Waals surface area contributed by atoms with Crippen LogP contribution in [-0.4, -0.2) is 56.3 Å². The normalized spacial score (nSPS) is 16.9. The molecule has 6 nitrogen and oxygen atoms in total. The van der Waals surface area contributed by atoms with Gasteiger partial charge in [-0.2, -0.15) is 0 Å². The minimum Gasteiger partial charge on any atom is -0.481 e. The van der Waals surface area contributed by atoms with Gasteiger partial charge in [0.2, 0.25) is 5.88 Å². The highest BCUT2D eigenvalue weighted by Gasteiger charge is 2.28. The molecule has 0 aliphatic carbocycles. The van der Waals surface area contributed by atoms with Crippen molar-refractivity contribution in [1.82, 2.24) is 9.88 Å². The Bertz CT molecular complexity index is 625. The molecule has 0 saturated carbocycles. The topological polar surface area (TPSA) is 64.0 Å². The predicted octanol–water partition coefficient (Wildman–Crippen LogP) is -0.633. The van der Waals surface area contributed by atoms with Gasteiger partial charge in [0, 0.05) is 17.8 Å². The molecule has 1 aliphatic heterocycles. The van der Waals surface area contributed by atoms with E-state index in [9.17, 15) is 4.79 Å². The quantitative estimate of drug-likeness (QED) is 0.670. The van der Waals surface area contributed by atoms with Crippen molar-refractivity contribution in [2.75, 3.05) is 34.4 Å². The molecule has 0 N–H and O–H groups in total. The van der Waals surface area contributed by atoms with Crippen LogP contribution in [0.1, 0.15) is 6.92 Å². The molecule has 0 radical (unpaired) electrons. The summed E-state index contributed by atoms with van der Waals surface area (Å²) in [5.41, 5.74) is 0.921. The summed E-state index contributed by atoms with van der Waals surface area (Å²) >= 11 is 0. The highest BCUT2D eigenvalue weighted by molar-refractivity contribution is 5.88. The Morgan fingerprint density at radius 3 is 2.80 bits per heavy atom. The van der Waals surface area contributed by atoms with Gasteiger partial charge in [-0.15, -0.1) is 0 Å². The van der Waals surface area contributed by atoms with Crippen LogP contribution in [0.15, 0.2) is 17.3 Å². The van der Waals surface area contributed by atoms with Gasteiger partial charge in [0.05, 0.1) is 25.3 Å². The Morgan fingerprint density at radius 1 is 1.45 bits per heavy atom. The van der Waals surface area contributed by atoms with E-state index in [4.69, 9.17) is 9.47 Å². The predicted molar refractivity (Wildman–Crippen MR) is 74.0 cm³/mol. The van der Waals surface area contributed by atoms with Crippen LogP contribution in [0.25, 0.3) is 5.57 Å². The number of rotatable bonds is 5. The summed E-state index contributed by atoms with van der Waals surface area (Å²) in [6, 6.07) is 1.23. The zero-order chi connectivity index (χ0) is 14.7. The van der Waals surface area contributed by atoms with E-state index in [0.717, 1.165) is 10.8 Å². The van der Waals surface area contributed by atoms with Crippen molar-refractivity contribution in [3.05, 3.63) is 22.8 Å². The molecule has 0 fully saturated rings. The first-order chi connectivity index (χ1) is 9.56. The van der Waals surface area contributed by atoms with Crippen molar-refractivity contribution in [3.63, 3.8) is 0 Å². The van der Waals surface area contributed by atoms with Crippen LogP contribution in [0.2, 0.25) is 0 Å². The Labute approximate surface area is 117 Å². The monoisotopic (exact) mass is 277 g/mol. The SMILES string of the molecule is CCOC(=O)[C@@H]1N=c2cnc(OC)cc2=C1CN(C)C. The Balaban J connectivity index is 2.52. The molecule has 108 valence electrons. The van der Waals surface area contributed by atoms with Gasteiger partial charge >= 0.3 is 5.97 Å². The molecular weight excluding hydrogens is 258 g/mol. The van der Waals surface area contributed by atoms with Gasteiger partial charge in [-0.1, -0.05) is 0 Å². The number of esters is 1. The first kappa shape index (κ1) is 14.5. The van der Waals surface area contributed by atoms with Crippen LogP contribution >= 0.6 is 0 Å². The summed E-state index contributed by atoms with van der Waals surface area (Å²) in [7, 11) is 5.46. The summed E-state index contributed by atoms with van der Waals surface area (Å²) in [5, 5.41) is 1.62. The van der Waals surface area contributed by atoms with E-state index < -0.39 is 6.04 Å². The molecule has 0 unspecified atom stereocenters. The van der Waals surface area contributed by atoms with Gasteiger partial charge in [0.1, 0.15) is 0 Å². The summed E-state index contributed by atoms with van der Waals surface area (Å²) in [6.45, 7) is 2.77. The number of aromatic nitrogens is 1. The maximum Gasteiger partial charge on any atom is 0.335 e. The number of hydrogen-bond donors (Lipinski definition) is 0. The molecular formula is C14H19N3O3. The lowest BCUT2D eigenvalue weighted by Crippen LogP contribution is -2.31. The fourth-order valence-electron chi connectivity index (χ4n) is 2.19. The molecule has 0 amide bonds. The van der Waals surface area contributed by atoms with Crippen molar-refractivity contribution in [1.29, 1.82) is 0 Å². The van der Waals surface area contributed by atoms with Crippen LogP contribution in [0, 0.1) is 0 Å². The standard InChI is InChI=1S/C14H19N3O3/c1-5-20-14(18)13-10(8-17(2)3)9-6-12(19-4)15-7-11(9)16-13/h6-7,13H,5,8H2,1-4H3/t13-/m1/s1. The second kappa shape index (κ2) is 6.00. The van der Waals surface area contributed by atoms with E-state index in [1.165, 1.54) is 0 Å². The summed E-state index contributed by atoms with van der Waals surface area (Å²) in [5.74, 6) is 0.194. The molecule has 1 aliphatic rings. The summed E-state index contributed by atoms with van der Waals surface area (Å²) in [4.78, 5) is 22.6. The Morgan fingerprint density at radius 2 is 2.20 bits per heavy atom. The van der Waals surface area contributed by atoms with Crippen molar-refractivity contribution >= 4 is 11.5 Å². The number of pyridine rings is 1. The van der Waals surface area contributed by atoms with Crippen LogP contribution in [0.5, 0.6) is 5.88 Å². The molecule has 6 heteroatoms. The lowest BCUT2D eigenvalue weighted by Gasteiger charge is -2.16. The number of hydrogen-bond acceptors (Lipinski definition) is 6. The third-order valence-electron chi connectivity index (χ3n) is 3.01. The molecule has 1 atom stereocenters. The largest absolute Gasteiger partial charge is 0.481 e. The van der Waals surface area contributed by atoms with E-state index in [-0.39, 0.29) is 5.97 Å². The van der Waals surface area contributed by atoms with E-state index in [1.807, 2.05) is 25.1 Å². The molecule has 0 spiro atoms. The first-order valence-corrected chi connectivity index (χ1v) is 6.49. The lowest BCUT2D eigenvalue weighted by molar-refractivity contribution is -0.143. The zero-order valence-electron chi connectivity index (χ0n) is 12.2. The highest BCUT2D eigenvalue weighted by Crippen LogP contribution is 2.13. The summed E-state index contributed by atoms with van der Waals surface area (Å²) in [6.07, 6.45) is 1.63. The van der Waals surface area contributed by atoms with Gasteiger partial charge in [0.25, 0.3) is 0 Å². The Kier molecular flexibility index (Phi) is 4.34. The van der Waals surface area contributed by atoms with E-state index in [0.29, 0.717) is 24.4 Å². The third-order valence-corrected chi connectivity index (χ3v) is 3.01. The van der Waals surface area contributed by atoms with Crippen LogP contribution in [-0.2, 0) is 9.53 Å². The Hall–Kier alpha value is -1.95. The fourth-order valence-corrected chi connectivity index (χ4v) is 2.19. The number of carbonyl (C=O) groups excluding carboxylic acids is 1. The number of nitrogens with zero attached hydrogens (tertiary/aromatic N) is 3. The average Bonchev–Trinajstić information content (AvgIpc) is 2.76. The van der Waals surface area contributed by atoms with E-state index in [1.54, 1.807) is 20.2 Å². The minimum absolute atomic E-state index is 0.320. The van der Waals surface area contributed by atoms with Crippen LogP contribution in [0.3, 0.4) is 0 Å². The maximum atomic E-state index is 12.1. The molecule has 20 heavy (non-hydrogen) atoms. The number of fused-ring (bicyclic) bond motifs is 1. The molecule has 1 aromatic rings. The molecule has 2 heterocycles. The minimum atomic E-state index is -0.582. The van der Waals surface area contributed by atoms with Crippen molar-refractivity contribution in [2.45, 2.75) is 13.0 Å². The molecule has 0 aromatic carbocycles. The third kappa shape index (κ3) is 2.80. The molecule has 1 aromatic heterocycles. The van der Waals surface area contributed by atoms with Gasteiger partial charge in [-0.05, 0) is 26.6 Å². The second-order valence-electron chi connectivity index (χ2n) is 4.79. The van der Waals surface area contributed by atoms with Gasteiger partial charge in [0.15, 0.2) is 6.04 Å². The van der Waals surface area contributed by atoms with Crippen LogP contribution in [0.4, 0.5) is 0 Å². The zero-order valence-corrected chi connectivity index (χ0v) is 12.2. The highest BCUT2D eigenvalue weighted by atomic mass is 16.5. The molecule has 0 saturated heterocycles. The van der Waals surface area contributed by atoms with Crippen molar-refractivity contribution < 1.29 is 14.3 Å². The number of carbonyl (C=O) groups is 1. The molecule has 0 bridgehead atoms. The average molecular weight is 277 g/mol. The number of ether oxygens (including phenoxy) is 2. The van der Waals surface area contributed by atoms with E-state index in [2.05, 4.69) is 9.98 Å². The second-order valence-corrected chi connectivity index (χ2v) is 4.79. The maximum absolute atomic E-state index is 12.1. The lowest BCUT2D eigenvalue weighted by atomic mass is 10.1. The van der Waals surface area contributed by atoms with Gasteiger partial charge < -0.3 is 14.4 Å². The van der Waals surface area contributed by atoms with Gasteiger partial charge in [-0.25, -0.2) is 9.78 Å². The number of methoxy groups -OCH3 is 1. The fraction of sp³-hybridized carbons (Fsp3) is 0.500.